The Morgan fingerprint density at radius 1 is 1.10 bits per heavy atom. The second kappa shape index (κ2) is 6.79. The zero-order valence-electron chi connectivity index (χ0n) is 12.1. The van der Waals surface area contributed by atoms with Gasteiger partial charge in [-0.3, -0.25) is 10.1 Å². The van der Waals surface area contributed by atoms with Gasteiger partial charge in [0.15, 0.2) is 6.61 Å². The first kappa shape index (κ1) is 15.8. The van der Waals surface area contributed by atoms with Crippen molar-refractivity contribution in [1.29, 1.82) is 0 Å². The Kier molecular flexibility index (Phi) is 5.37. The molecule has 0 radical (unpaired) electrons. The van der Waals surface area contributed by atoms with E-state index >= 15 is 0 Å². The van der Waals surface area contributed by atoms with Gasteiger partial charge in [-0.25, -0.2) is 4.79 Å². The highest BCUT2D eigenvalue weighted by atomic mass is 16.5. The van der Waals surface area contributed by atoms with Crippen LogP contribution in [0.4, 0.5) is 4.79 Å². The summed E-state index contributed by atoms with van der Waals surface area (Å²) >= 11 is 0. The Labute approximate surface area is 118 Å². The Morgan fingerprint density at radius 2 is 1.65 bits per heavy atom. The van der Waals surface area contributed by atoms with Crippen molar-refractivity contribution in [3.05, 3.63) is 24.3 Å². The summed E-state index contributed by atoms with van der Waals surface area (Å²) in [6.45, 7) is 5.24. The molecule has 0 bridgehead atoms. The number of nitrogens with one attached hydrogen (secondary N) is 2. The van der Waals surface area contributed by atoms with E-state index in [0.717, 1.165) is 0 Å². The summed E-state index contributed by atoms with van der Waals surface area (Å²) in [5.74, 6) is 0.714. The highest BCUT2D eigenvalue weighted by Gasteiger charge is 2.15. The maximum absolute atomic E-state index is 11.5. The molecule has 0 atom stereocenters. The second-order valence-corrected chi connectivity index (χ2v) is 5.22. The molecule has 0 aromatic heterocycles. The van der Waals surface area contributed by atoms with Gasteiger partial charge >= 0.3 is 6.03 Å². The van der Waals surface area contributed by atoms with Crippen molar-refractivity contribution in [1.82, 2.24) is 10.6 Å². The summed E-state index contributed by atoms with van der Waals surface area (Å²) < 4.78 is 10.3. The molecule has 1 rings (SSSR count). The second-order valence-electron chi connectivity index (χ2n) is 5.22. The van der Waals surface area contributed by atoms with Crippen LogP contribution in [0, 0.1) is 0 Å². The van der Waals surface area contributed by atoms with E-state index in [1.54, 1.807) is 31.4 Å². The quantitative estimate of drug-likeness (QED) is 0.880. The molecule has 0 saturated carbocycles. The fourth-order valence-corrected chi connectivity index (χ4v) is 1.36. The predicted octanol–water partition coefficient (Wildman–Crippen LogP) is 1.70. The first-order valence-electron chi connectivity index (χ1n) is 6.19. The summed E-state index contributed by atoms with van der Waals surface area (Å²) in [4.78, 5) is 23.0. The molecule has 0 spiro atoms. The van der Waals surface area contributed by atoms with Crippen LogP contribution < -0.4 is 20.1 Å². The zero-order chi connectivity index (χ0) is 15.2. The van der Waals surface area contributed by atoms with E-state index in [-0.39, 0.29) is 6.61 Å². The predicted molar refractivity (Wildman–Crippen MR) is 74.9 cm³/mol. The molecule has 0 saturated heterocycles. The van der Waals surface area contributed by atoms with Crippen molar-refractivity contribution in [2.75, 3.05) is 13.7 Å². The molecule has 0 aliphatic heterocycles. The van der Waals surface area contributed by atoms with Crippen LogP contribution in [0.15, 0.2) is 24.3 Å². The molecule has 110 valence electrons. The molecule has 0 fully saturated rings. The van der Waals surface area contributed by atoms with Crippen LogP contribution in [0.3, 0.4) is 0 Å². The number of amides is 3. The van der Waals surface area contributed by atoms with Gasteiger partial charge in [0.2, 0.25) is 0 Å². The van der Waals surface area contributed by atoms with E-state index in [1.807, 2.05) is 20.8 Å². The van der Waals surface area contributed by atoms with Crippen molar-refractivity contribution in [3.8, 4) is 11.5 Å². The van der Waals surface area contributed by atoms with Gasteiger partial charge in [-0.2, -0.15) is 0 Å². The molecule has 6 heteroatoms. The third-order valence-corrected chi connectivity index (χ3v) is 2.17. The molecule has 0 unspecified atom stereocenters. The minimum atomic E-state index is -0.541. The van der Waals surface area contributed by atoms with Crippen molar-refractivity contribution in [2.24, 2.45) is 0 Å². The lowest BCUT2D eigenvalue weighted by atomic mass is 10.1. The maximum atomic E-state index is 11.5. The Balaban J connectivity index is 2.37. The van der Waals surface area contributed by atoms with Crippen LogP contribution in [-0.2, 0) is 4.79 Å². The molecular formula is C14H20N2O4. The van der Waals surface area contributed by atoms with E-state index in [9.17, 15) is 9.59 Å². The van der Waals surface area contributed by atoms with Crippen molar-refractivity contribution >= 4 is 11.9 Å². The van der Waals surface area contributed by atoms with E-state index in [2.05, 4.69) is 10.6 Å². The van der Waals surface area contributed by atoms with E-state index in [0.29, 0.717) is 11.5 Å². The molecule has 0 aliphatic rings. The zero-order valence-corrected chi connectivity index (χ0v) is 12.1. The van der Waals surface area contributed by atoms with Gasteiger partial charge < -0.3 is 14.8 Å². The number of imide groups is 1. The lowest BCUT2D eigenvalue weighted by Crippen LogP contribution is -2.49. The smallest absolute Gasteiger partial charge is 0.321 e. The van der Waals surface area contributed by atoms with Gasteiger partial charge in [-0.1, -0.05) is 0 Å². The Hall–Kier alpha value is -2.24. The molecule has 0 aliphatic carbocycles. The van der Waals surface area contributed by atoms with Crippen LogP contribution in [0.2, 0.25) is 0 Å². The molecule has 6 nitrogen and oxygen atoms in total. The number of benzene rings is 1. The summed E-state index contributed by atoms with van der Waals surface area (Å²) in [6, 6.07) is 6.27. The lowest BCUT2D eigenvalue weighted by Gasteiger charge is -2.20. The van der Waals surface area contributed by atoms with Gasteiger partial charge in [0.05, 0.1) is 7.11 Å². The standard InChI is InChI=1S/C14H20N2O4/c1-14(2,3)16-13(18)15-12(17)9-20-11-7-5-10(19-4)6-8-11/h5-8H,9H2,1-4H3,(H2,15,16,17,18). The number of rotatable bonds is 4. The number of carbonyl (C=O) groups is 2. The monoisotopic (exact) mass is 280 g/mol. The van der Waals surface area contributed by atoms with Crippen molar-refractivity contribution < 1.29 is 19.1 Å². The normalized spacial score (nSPS) is 10.6. The van der Waals surface area contributed by atoms with E-state index in [4.69, 9.17) is 9.47 Å². The van der Waals surface area contributed by atoms with Gasteiger partial charge in [0.25, 0.3) is 5.91 Å². The number of carbonyl (C=O) groups excluding carboxylic acids is 2. The number of hydrogen-bond acceptors (Lipinski definition) is 4. The number of ether oxygens (including phenoxy) is 2. The van der Waals surface area contributed by atoms with Gasteiger partial charge in [-0.05, 0) is 45.0 Å². The molecule has 0 heterocycles. The van der Waals surface area contributed by atoms with E-state index < -0.39 is 17.5 Å². The fourth-order valence-electron chi connectivity index (χ4n) is 1.36. The van der Waals surface area contributed by atoms with Crippen molar-refractivity contribution in [2.45, 2.75) is 26.3 Å². The van der Waals surface area contributed by atoms with Crippen LogP contribution in [0.25, 0.3) is 0 Å². The largest absolute Gasteiger partial charge is 0.497 e. The SMILES string of the molecule is COc1ccc(OCC(=O)NC(=O)NC(C)(C)C)cc1. The average molecular weight is 280 g/mol. The number of urea groups is 1. The van der Waals surface area contributed by atoms with E-state index in [1.165, 1.54) is 0 Å². The van der Waals surface area contributed by atoms with Gasteiger partial charge in [0.1, 0.15) is 11.5 Å². The highest BCUT2D eigenvalue weighted by molar-refractivity contribution is 5.95. The third-order valence-electron chi connectivity index (χ3n) is 2.17. The molecule has 2 N–H and O–H groups in total. The van der Waals surface area contributed by atoms with Crippen LogP contribution in [0.1, 0.15) is 20.8 Å². The molecule has 3 amide bonds. The van der Waals surface area contributed by atoms with Crippen LogP contribution >= 0.6 is 0 Å². The molecule has 20 heavy (non-hydrogen) atoms. The van der Waals surface area contributed by atoms with Gasteiger partial charge in [-0.15, -0.1) is 0 Å². The minimum Gasteiger partial charge on any atom is -0.497 e. The summed E-state index contributed by atoms with van der Waals surface area (Å²) in [5, 5.41) is 4.81. The number of methoxy groups -OCH3 is 1. The van der Waals surface area contributed by atoms with Gasteiger partial charge in [0, 0.05) is 5.54 Å². The van der Waals surface area contributed by atoms with Crippen molar-refractivity contribution in [3.63, 3.8) is 0 Å². The Morgan fingerprint density at radius 3 is 2.15 bits per heavy atom. The van der Waals surface area contributed by atoms with Crippen LogP contribution in [0.5, 0.6) is 11.5 Å². The third kappa shape index (κ3) is 6.08. The Bertz CT molecular complexity index is 463. The maximum Gasteiger partial charge on any atom is 0.321 e. The summed E-state index contributed by atoms with van der Waals surface area (Å²) in [5.41, 5.74) is -0.402. The first-order chi connectivity index (χ1) is 9.30. The summed E-state index contributed by atoms with van der Waals surface area (Å²) in [6.07, 6.45) is 0. The summed E-state index contributed by atoms with van der Waals surface area (Å²) in [7, 11) is 1.57. The molecule has 1 aromatic carbocycles. The molecule has 1 aromatic rings. The lowest BCUT2D eigenvalue weighted by molar-refractivity contribution is -0.122. The van der Waals surface area contributed by atoms with Crippen LogP contribution in [-0.4, -0.2) is 31.2 Å². The highest BCUT2D eigenvalue weighted by Crippen LogP contribution is 2.16. The average Bonchev–Trinajstić information content (AvgIpc) is 2.34. The topological polar surface area (TPSA) is 76.7 Å². The minimum absolute atomic E-state index is 0.232. The number of hydrogen-bond donors (Lipinski definition) is 2. The molecular weight excluding hydrogens is 260 g/mol. The fraction of sp³-hybridized carbons (Fsp3) is 0.429. The first-order valence-corrected chi connectivity index (χ1v) is 6.19.